The normalized spacial score (nSPS) is 18.7. The fourth-order valence-electron chi connectivity index (χ4n) is 2.30. The molecule has 0 saturated carbocycles. The molecule has 1 heterocycles. The van der Waals surface area contributed by atoms with E-state index in [2.05, 4.69) is 17.0 Å². The third kappa shape index (κ3) is 3.50. The molecule has 1 aliphatic heterocycles. The minimum absolute atomic E-state index is 0.0279. The summed E-state index contributed by atoms with van der Waals surface area (Å²) in [6.45, 7) is 3.94. The highest BCUT2D eigenvalue weighted by atomic mass is 32.2. The first kappa shape index (κ1) is 15.3. The second-order valence-electron chi connectivity index (χ2n) is 5.49. The summed E-state index contributed by atoms with van der Waals surface area (Å²) in [6.07, 6.45) is 1.76. The standard InChI is InChI=1S/C14H22N2O3S/c1-14(7-9-19-10-8-14)11-16-20(17,18)13-6-4-3-5-12(13)15-2/h3-6,15-16H,7-11H2,1-2H3. The van der Waals surface area contributed by atoms with E-state index in [1.165, 1.54) is 0 Å². The Morgan fingerprint density at radius 1 is 1.25 bits per heavy atom. The van der Waals surface area contributed by atoms with E-state index in [9.17, 15) is 8.42 Å². The van der Waals surface area contributed by atoms with Crippen molar-refractivity contribution in [3.05, 3.63) is 24.3 Å². The first-order chi connectivity index (χ1) is 9.47. The topological polar surface area (TPSA) is 67.4 Å². The lowest BCUT2D eigenvalue weighted by atomic mass is 9.83. The third-order valence-electron chi connectivity index (χ3n) is 3.83. The van der Waals surface area contributed by atoms with Crippen LogP contribution in [-0.4, -0.2) is 35.2 Å². The molecule has 6 heteroatoms. The summed E-state index contributed by atoms with van der Waals surface area (Å²) in [5, 5.41) is 2.91. The minimum Gasteiger partial charge on any atom is -0.387 e. The van der Waals surface area contributed by atoms with Gasteiger partial charge in [0.2, 0.25) is 10.0 Å². The van der Waals surface area contributed by atoms with E-state index in [0.29, 0.717) is 25.4 Å². The average Bonchev–Trinajstić information content (AvgIpc) is 2.46. The number of ether oxygens (including phenoxy) is 1. The number of hydrogen-bond acceptors (Lipinski definition) is 4. The largest absolute Gasteiger partial charge is 0.387 e. The maximum absolute atomic E-state index is 12.4. The highest BCUT2D eigenvalue weighted by Gasteiger charge is 2.29. The Labute approximate surface area is 120 Å². The smallest absolute Gasteiger partial charge is 0.242 e. The highest BCUT2D eigenvalue weighted by Crippen LogP contribution is 2.29. The van der Waals surface area contributed by atoms with Crippen LogP contribution in [0.3, 0.4) is 0 Å². The lowest BCUT2D eigenvalue weighted by molar-refractivity contribution is 0.0265. The van der Waals surface area contributed by atoms with Gasteiger partial charge in [0.15, 0.2) is 0 Å². The van der Waals surface area contributed by atoms with Gasteiger partial charge in [0.1, 0.15) is 4.90 Å². The molecule has 0 bridgehead atoms. The fourth-order valence-corrected chi connectivity index (χ4v) is 3.71. The summed E-state index contributed by atoms with van der Waals surface area (Å²) in [5.74, 6) is 0. The van der Waals surface area contributed by atoms with Crippen LogP contribution in [0, 0.1) is 5.41 Å². The molecule has 0 amide bonds. The molecule has 0 unspecified atom stereocenters. The van der Waals surface area contributed by atoms with Crippen molar-refractivity contribution >= 4 is 15.7 Å². The van der Waals surface area contributed by atoms with Gasteiger partial charge in [-0.1, -0.05) is 19.1 Å². The van der Waals surface area contributed by atoms with Crippen LogP contribution in [0.25, 0.3) is 0 Å². The van der Waals surface area contributed by atoms with Gasteiger partial charge in [-0.15, -0.1) is 0 Å². The van der Waals surface area contributed by atoms with Crippen LogP contribution < -0.4 is 10.0 Å². The summed E-state index contributed by atoms with van der Waals surface area (Å²) in [5.41, 5.74) is 0.581. The number of benzene rings is 1. The van der Waals surface area contributed by atoms with Crippen molar-refractivity contribution in [2.75, 3.05) is 32.1 Å². The predicted octanol–water partition coefficient (Wildman–Crippen LogP) is 1.82. The van der Waals surface area contributed by atoms with Gasteiger partial charge in [-0.05, 0) is 30.4 Å². The molecular weight excluding hydrogens is 276 g/mol. The Morgan fingerprint density at radius 2 is 1.90 bits per heavy atom. The Morgan fingerprint density at radius 3 is 2.55 bits per heavy atom. The Hall–Kier alpha value is -1.11. The molecule has 0 aromatic heterocycles. The summed E-state index contributed by atoms with van der Waals surface area (Å²) in [4.78, 5) is 0.290. The minimum atomic E-state index is -3.49. The Kier molecular flexibility index (Phi) is 4.67. The molecule has 5 nitrogen and oxygen atoms in total. The number of rotatable bonds is 5. The van der Waals surface area contributed by atoms with Gasteiger partial charge in [-0.2, -0.15) is 0 Å². The molecule has 0 spiro atoms. The molecule has 20 heavy (non-hydrogen) atoms. The first-order valence-corrected chi connectivity index (χ1v) is 8.29. The molecular formula is C14H22N2O3S. The number of nitrogens with one attached hydrogen (secondary N) is 2. The van der Waals surface area contributed by atoms with Crippen LogP contribution in [0.5, 0.6) is 0 Å². The van der Waals surface area contributed by atoms with Crippen LogP contribution in [0.1, 0.15) is 19.8 Å². The van der Waals surface area contributed by atoms with E-state index in [1.54, 1.807) is 25.2 Å². The second-order valence-corrected chi connectivity index (χ2v) is 7.23. The lowest BCUT2D eigenvalue weighted by Gasteiger charge is -2.33. The van der Waals surface area contributed by atoms with E-state index in [1.807, 2.05) is 6.07 Å². The third-order valence-corrected chi connectivity index (χ3v) is 5.29. The van der Waals surface area contributed by atoms with E-state index in [4.69, 9.17) is 4.74 Å². The maximum Gasteiger partial charge on any atom is 0.242 e. The molecule has 1 aromatic carbocycles. The lowest BCUT2D eigenvalue weighted by Crippen LogP contribution is -2.39. The van der Waals surface area contributed by atoms with Crippen LogP contribution in [0.2, 0.25) is 0 Å². The molecule has 1 fully saturated rings. The van der Waals surface area contributed by atoms with Gasteiger partial charge in [0.05, 0.1) is 5.69 Å². The van der Waals surface area contributed by atoms with Gasteiger partial charge in [-0.25, -0.2) is 13.1 Å². The molecule has 112 valence electrons. The monoisotopic (exact) mass is 298 g/mol. The maximum atomic E-state index is 12.4. The second kappa shape index (κ2) is 6.11. The summed E-state index contributed by atoms with van der Waals surface area (Å²) in [6, 6.07) is 6.90. The van der Waals surface area contributed by atoms with Crippen molar-refractivity contribution in [3.63, 3.8) is 0 Å². The van der Waals surface area contributed by atoms with Crippen molar-refractivity contribution in [2.45, 2.75) is 24.7 Å². The number of para-hydroxylation sites is 1. The van der Waals surface area contributed by atoms with Crippen LogP contribution in [-0.2, 0) is 14.8 Å². The summed E-state index contributed by atoms with van der Waals surface area (Å²) >= 11 is 0. The molecule has 0 radical (unpaired) electrons. The molecule has 1 saturated heterocycles. The number of anilines is 1. The zero-order chi connectivity index (χ0) is 14.6. The van der Waals surface area contributed by atoms with Crippen LogP contribution in [0.15, 0.2) is 29.2 Å². The van der Waals surface area contributed by atoms with Gasteiger partial charge in [0.25, 0.3) is 0 Å². The molecule has 2 N–H and O–H groups in total. The summed E-state index contributed by atoms with van der Waals surface area (Å²) in [7, 11) is -1.78. The van der Waals surface area contributed by atoms with Gasteiger partial charge in [0, 0.05) is 26.8 Å². The quantitative estimate of drug-likeness (QED) is 0.870. The number of sulfonamides is 1. The molecule has 0 atom stereocenters. The van der Waals surface area contributed by atoms with E-state index in [-0.39, 0.29) is 10.3 Å². The predicted molar refractivity (Wildman–Crippen MR) is 79.3 cm³/mol. The summed E-state index contributed by atoms with van der Waals surface area (Å²) < 4.78 is 32.9. The molecule has 1 aliphatic rings. The zero-order valence-corrected chi connectivity index (χ0v) is 12.8. The van der Waals surface area contributed by atoms with Crippen molar-refractivity contribution in [1.29, 1.82) is 0 Å². The SMILES string of the molecule is CNc1ccccc1S(=O)(=O)NCC1(C)CCOCC1. The highest BCUT2D eigenvalue weighted by molar-refractivity contribution is 7.89. The van der Waals surface area contributed by atoms with Crippen molar-refractivity contribution in [2.24, 2.45) is 5.41 Å². The number of hydrogen-bond donors (Lipinski definition) is 2. The van der Waals surface area contributed by atoms with Crippen molar-refractivity contribution < 1.29 is 13.2 Å². The molecule has 2 rings (SSSR count). The van der Waals surface area contributed by atoms with E-state index in [0.717, 1.165) is 12.8 Å². The van der Waals surface area contributed by atoms with E-state index < -0.39 is 10.0 Å². The Bertz CT molecular complexity index is 551. The van der Waals surface area contributed by atoms with Gasteiger partial charge < -0.3 is 10.1 Å². The molecule has 0 aliphatic carbocycles. The van der Waals surface area contributed by atoms with Crippen LogP contribution in [0.4, 0.5) is 5.69 Å². The average molecular weight is 298 g/mol. The van der Waals surface area contributed by atoms with Crippen LogP contribution >= 0.6 is 0 Å². The first-order valence-electron chi connectivity index (χ1n) is 6.81. The van der Waals surface area contributed by atoms with Crippen molar-refractivity contribution in [1.82, 2.24) is 4.72 Å². The zero-order valence-electron chi connectivity index (χ0n) is 12.0. The van der Waals surface area contributed by atoms with E-state index >= 15 is 0 Å². The van der Waals surface area contributed by atoms with Gasteiger partial charge >= 0.3 is 0 Å². The van der Waals surface area contributed by atoms with Crippen molar-refractivity contribution in [3.8, 4) is 0 Å². The Balaban J connectivity index is 2.11. The molecule has 1 aromatic rings. The van der Waals surface area contributed by atoms with Gasteiger partial charge in [-0.3, -0.25) is 0 Å². The fraction of sp³-hybridized carbons (Fsp3) is 0.571.